The van der Waals surface area contributed by atoms with Gasteiger partial charge in [0, 0.05) is 5.56 Å². The summed E-state index contributed by atoms with van der Waals surface area (Å²) in [7, 11) is 0. The van der Waals surface area contributed by atoms with Gasteiger partial charge in [-0.1, -0.05) is 18.2 Å². The molecule has 0 aliphatic rings. The van der Waals surface area contributed by atoms with E-state index < -0.39 is 24.5 Å². The number of aliphatic carboxylic acids is 1. The molecule has 1 amide bonds. The van der Waals surface area contributed by atoms with Gasteiger partial charge in [-0.25, -0.2) is 4.79 Å². The minimum absolute atomic E-state index is 0.359. The largest absolute Gasteiger partial charge is 0.480 e. The van der Waals surface area contributed by atoms with Crippen LogP contribution >= 0.6 is 0 Å². The van der Waals surface area contributed by atoms with E-state index in [1.807, 2.05) is 0 Å². The molecule has 0 heterocycles. The van der Waals surface area contributed by atoms with Crippen LogP contribution < -0.4 is 5.32 Å². The summed E-state index contributed by atoms with van der Waals surface area (Å²) in [4.78, 5) is 22.0. The Hall–Kier alpha value is -1.88. The molecular formula is C10H11NO4. The summed E-state index contributed by atoms with van der Waals surface area (Å²) in [5, 5.41) is 19.5. The third-order valence-corrected chi connectivity index (χ3v) is 1.82. The molecule has 0 fully saturated rings. The first kappa shape index (κ1) is 11.2. The van der Waals surface area contributed by atoms with Gasteiger partial charge >= 0.3 is 5.97 Å². The normalized spacial score (nSPS) is 11.8. The zero-order valence-corrected chi connectivity index (χ0v) is 7.88. The first-order valence-corrected chi connectivity index (χ1v) is 4.34. The lowest BCUT2D eigenvalue weighted by Crippen LogP contribution is -2.43. The van der Waals surface area contributed by atoms with E-state index in [2.05, 4.69) is 5.32 Å². The fraction of sp³-hybridized carbons (Fsp3) is 0.200. The predicted octanol–water partition coefficient (Wildman–Crippen LogP) is -0.138. The molecule has 1 aromatic rings. The van der Waals surface area contributed by atoms with Crippen molar-refractivity contribution in [2.45, 2.75) is 6.04 Å². The van der Waals surface area contributed by atoms with Gasteiger partial charge in [-0.05, 0) is 12.1 Å². The number of hydrogen-bond acceptors (Lipinski definition) is 3. The lowest BCUT2D eigenvalue weighted by atomic mass is 10.2. The maximum atomic E-state index is 11.4. The molecule has 80 valence electrons. The Bertz CT molecular complexity index is 350. The van der Waals surface area contributed by atoms with E-state index in [4.69, 9.17) is 10.2 Å². The molecule has 0 aliphatic carbocycles. The van der Waals surface area contributed by atoms with Crippen LogP contribution in [-0.4, -0.2) is 34.7 Å². The minimum Gasteiger partial charge on any atom is -0.480 e. The lowest BCUT2D eigenvalue weighted by molar-refractivity contribution is -0.140. The standard InChI is InChI=1S/C10H11NO4/c12-6-8(10(14)15)11-9(13)7-4-2-1-3-5-7/h1-5,8,12H,6H2,(H,11,13)(H,14,15)/t8-/m0/s1. The van der Waals surface area contributed by atoms with Crippen molar-refractivity contribution < 1.29 is 19.8 Å². The van der Waals surface area contributed by atoms with Gasteiger partial charge in [0.2, 0.25) is 0 Å². The van der Waals surface area contributed by atoms with E-state index in [1.54, 1.807) is 30.3 Å². The number of rotatable bonds is 4. The zero-order valence-electron chi connectivity index (χ0n) is 7.88. The van der Waals surface area contributed by atoms with E-state index in [0.717, 1.165) is 0 Å². The highest BCUT2D eigenvalue weighted by molar-refractivity contribution is 5.96. The van der Waals surface area contributed by atoms with E-state index in [1.165, 1.54) is 0 Å². The number of carboxylic acid groups (broad SMARTS) is 1. The second kappa shape index (κ2) is 5.11. The van der Waals surface area contributed by atoms with Crippen LogP contribution in [0.25, 0.3) is 0 Å². The Morgan fingerprint density at radius 3 is 2.33 bits per heavy atom. The van der Waals surface area contributed by atoms with E-state index in [0.29, 0.717) is 5.56 Å². The molecule has 0 aromatic heterocycles. The van der Waals surface area contributed by atoms with Crippen LogP contribution in [0, 0.1) is 0 Å². The summed E-state index contributed by atoms with van der Waals surface area (Å²) in [6, 6.07) is 6.94. The third-order valence-electron chi connectivity index (χ3n) is 1.82. The second-order valence-electron chi connectivity index (χ2n) is 2.91. The lowest BCUT2D eigenvalue weighted by Gasteiger charge is -2.11. The first-order valence-electron chi connectivity index (χ1n) is 4.34. The number of carbonyl (C=O) groups excluding carboxylic acids is 1. The molecule has 5 nitrogen and oxygen atoms in total. The van der Waals surface area contributed by atoms with Crippen molar-refractivity contribution in [2.75, 3.05) is 6.61 Å². The van der Waals surface area contributed by atoms with Crippen LogP contribution in [0.5, 0.6) is 0 Å². The number of nitrogens with one attached hydrogen (secondary N) is 1. The molecule has 1 rings (SSSR count). The Morgan fingerprint density at radius 1 is 1.27 bits per heavy atom. The molecule has 0 radical (unpaired) electrons. The molecule has 0 saturated heterocycles. The number of hydrogen-bond donors (Lipinski definition) is 3. The van der Waals surface area contributed by atoms with Crippen molar-refractivity contribution in [2.24, 2.45) is 0 Å². The molecule has 0 unspecified atom stereocenters. The van der Waals surface area contributed by atoms with Gasteiger partial charge in [-0.3, -0.25) is 4.79 Å². The molecule has 15 heavy (non-hydrogen) atoms. The minimum atomic E-state index is -1.27. The molecule has 3 N–H and O–H groups in total. The fourth-order valence-corrected chi connectivity index (χ4v) is 1.02. The van der Waals surface area contributed by atoms with Gasteiger partial charge in [0.15, 0.2) is 6.04 Å². The van der Waals surface area contributed by atoms with Crippen LogP contribution in [0.3, 0.4) is 0 Å². The highest BCUT2D eigenvalue weighted by Gasteiger charge is 2.18. The second-order valence-corrected chi connectivity index (χ2v) is 2.91. The molecule has 1 aromatic carbocycles. The highest BCUT2D eigenvalue weighted by Crippen LogP contribution is 1.98. The van der Waals surface area contributed by atoms with E-state index >= 15 is 0 Å². The van der Waals surface area contributed by atoms with Crippen LogP contribution in [0.4, 0.5) is 0 Å². The number of amides is 1. The highest BCUT2D eigenvalue weighted by atomic mass is 16.4. The fourth-order valence-electron chi connectivity index (χ4n) is 1.02. The SMILES string of the molecule is O=C(N[C@@H](CO)C(=O)O)c1ccccc1. The summed E-state index contributed by atoms with van der Waals surface area (Å²) in [5.41, 5.74) is 0.359. The van der Waals surface area contributed by atoms with Gasteiger partial charge < -0.3 is 15.5 Å². The van der Waals surface area contributed by atoms with Gasteiger partial charge in [0.05, 0.1) is 6.61 Å². The summed E-state index contributed by atoms with van der Waals surface area (Å²) in [6.07, 6.45) is 0. The number of carbonyl (C=O) groups is 2. The maximum absolute atomic E-state index is 11.4. The summed E-state index contributed by atoms with van der Waals surface area (Å²) < 4.78 is 0. The number of aliphatic hydroxyl groups is 1. The van der Waals surface area contributed by atoms with Crippen molar-refractivity contribution in [1.82, 2.24) is 5.32 Å². The van der Waals surface area contributed by atoms with Crippen molar-refractivity contribution >= 4 is 11.9 Å². The van der Waals surface area contributed by atoms with Gasteiger partial charge in [0.25, 0.3) is 5.91 Å². The zero-order chi connectivity index (χ0) is 11.3. The molecule has 0 bridgehead atoms. The Labute approximate surface area is 86.4 Å². The average Bonchev–Trinajstić information content (AvgIpc) is 2.26. The summed E-state index contributed by atoms with van der Waals surface area (Å²) >= 11 is 0. The van der Waals surface area contributed by atoms with E-state index in [9.17, 15) is 9.59 Å². The molecular weight excluding hydrogens is 198 g/mol. The molecule has 1 atom stereocenters. The Balaban J connectivity index is 2.67. The smallest absolute Gasteiger partial charge is 0.328 e. The van der Waals surface area contributed by atoms with Crippen LogP contribution in [-0.2, 0) is 4.79 Å². The molecule has 5 heteroatoms. The van der Waals surface area contributed by atoms with Gasteiger partial charge in [-0.15, -0.1) is 0 Å². The number of benzene rings is 1. The third kappa shape index (κ3) is 3.07. The topological polar surface area (TPSA) is 86.6 Å². The Kier molecular flexibility index (Phi) is 3.82. The van der Waals surface area contributed by atoms with Crippen molar-refractivity contribution in [3.63, 3.8) is 0 Å². The molecule has 0 aliphatic heterocycles. The number of carboxylic acids is 1. The van der Waals surface area contributed by atoms with Gasteiger partial charge in [-0.2, -0.15) is 0 Å². The monoisotopic (exact) mass is 209 g/mol. The predicted molar refractivity (Wildman–Crippen MR) is 52.4 cm³/mol. The average molecular weight is 209 g/mol. The van der Waals surface area contributed by atoms with Crippen molar-refractivity contribution in [3.8, 4) is 0 Å². The number of aliphatic hydroxyl groups excluding tert-OH is 1. The Morgan fingerprint density at radius 2 is 1.87 bits per heavy atom. The first-order chi connectivity index (χ1) is 7.15. The molecule has 0 spiro atoms. The van der Waals surface area contributed by atoms with Crippen molar-refractivity contribution in [1.29, 1.82) is 0 Å². The van der Waals surface area contributed by atoms with Crippen molar-refractivity contribution in [3.05, 3.63) is 35.9 Å². The van der Waals surface area contributed by atoms with Gasteiger partial charge in [0.1, 0.15) is 0 Å². The van der Waals surface area contributed by atoms with Crippen LogP contribution in [0.2, 0.25) is 0 Å². The van der Waals surface area contributed by atoms with E-state index in [-0.39, 0.29) is 0 Å². The summed E-state index contributed by atoms with van der Waals surface area (Å²) in [5.74, 6) is -1.78. The summed E-state index contributed by atoms with van der Waals surface area (Å²) in [6.45, 7) is -0.631. The van der Waals surface area contributed by atoms with Crippen LogP contribution in [0.15, 0.2) is 30.3 Å². The van der Waals surface area contributed by atoms with Crippen LogP contribution in [0.1, 0.15) is 10.4 Å². The maximum Gasteiger partial charge on any atom is 0.328 e. The molecule has 0 saturated carbocycles. The quantitative estimate of drug-likeness (QED) is 0.644.